The van der Waals surface area contributed by atoms with Gasteiger partial charge < -0.3 is 19.5 Å². The minimum absolute atomic E-state index is 0.0133. The Morgan fingerprint density at radius 2 is 2.06 bits per heavy atom. The molecule has 1 fully saturated rings. The molecule has 1 N–H and O–H groups in total. The number of aromatic nitrogens is 2. The molecule has 2 aromatic carbocycles. The van der Waals surface area contributed by atoms with E-state index >= 15 is 0 Å². The number of carbonyl (C=O) groups excluding carboxylic acids is 1. The largest absolute Gasteiger partial charge is 0.493 e. The first-order valence-electron chi connectivity index (χ1n) is 10.9. The summed E-state index contributed by atoms with van der Waals surface area (Å²) in [7, 11) is 1.57. The predicted octanol–water partition coefficient (Wildman–Crippen LogP) is 4.58. The molecular formula is C24H26ClFN4O4. The number of fused-ring (bicyclic) bond motifs is 1. The first kappa shape index (κ1) is 24.0. The maximum Gasteiger partial charge on any atom is 0.320 e. The van der Waals surface area contributed by atoms with Gasteiger partial charge in [0.05, 0.1) is 30.8 Å². The summed E-state index contributed by atoms with van der Waals surface area (Å²) >= 11 is 5.90. The van der Waals surface area contributed by atoms with E-state index in [0.29, 0.717) is 53.6 Å². The summed E-state index contributed by atoms with van der Waals surface area (Å²) in [5.41, 5.74) is 0.757. The van der Waals surface area contributed by atoms with Crippen LogP contribution in [-0.2, 0) is 9.53 Å². The van der Waals surface area contributed by atoms with E-state index in [-0.39, 0.29) is 17.5 Å². The van der Waals surface area contributed by atoms with Crippen molar-refractivity contribution in [3.63, 3.8) is 0 Å². The molecule has 0 aliphatic carbocycles. The Balaban J connectivity index is 1.48. The topological polar surface area (TPSA) is 85.8 Å². The Bertz CT molecular complexity index is 1210. The highest BCUT2D eigenvalue weighted by Crippen LogP contribution is 2.35. The molecule has 4 rings (SSSR count). The van der Waals surface area contributed by atoms with Crippen molar-refractivity contribution in [1.29, 1.82) is 0 Å². The zero-order valence-electron chi connectivity index (χ0n) is 19.2. The lowest BCUT2D eigenvalue weighted by Crippen LogP contribution is -2.51. The number of cyclic esters (lactones) is 1. The number of carbonyl (C=O) groups is 1. The summed E-state index contributed by atoms with van der Waals surface area (Å²) in [5, 5.41) is 3.87. The standard InChI is InChI=1S/C24H26ClFN4O4/c1-24(2)13-30(12-22(31)34-24)7-4-8-33-21-10-16-19(11-20(21)32-3)27-14-28-23(16)29-15-5-6-18(26)17(25)9-15/h5-6,9-11,14H,4,7-8,12-13H2,1-3H3,(H,27,28,29). The number of nitrogens with one attached hydrogen (secondary N) is 1. The smallest absolute Gasteiger partial charge is 0.320 e. The molecule has 3 aromatic rings. The van der Waals surface area contributed by atoms with Crippen LogP contribution < -0.4 is 14.8 Å². The number of hydrogen-bond acceptors (Lipinski definition) is 8. The second-order valence-corrected chi connectivity index (χ2v) is 9.05. The molecule has 0 spiro atoms. The number of halogens is 2. The van der Waals surface area contributed by atoms with Gasteiger partial charge in [0, 0.05) is 30.2 Å². The highest BCUT2D eigenvalue weighted by Gasteiger charge is 2.32. The SMILES string of the molecule is COc1cc2ncnc(Nc3ccc(F)c(Cl)c3)c2cc1OCCCN1CC(=O)OC(C)(C)C1. The minimum Gasteiger partial charge on any atom is -0.493 e. The van der Waals surface area contributed by atoms with Gasteiger partial charge >= 0.3 is 5.97 Å². The van der Waals surface area contributed by atoms with E-state index in [4.69, 9.17) is 25.8 Å². The van der Waals surface area contributed by atoms with Crippen LogP contribution in [0.4, 0.5) is 15.9 Å². The third-order valence-corrected chi connectivity index (χ3v) is 5.62. The fourth-order valence-electron chi connectivity index (χ4n) is 3.92. The van der Waals surface area contributed by atoms with Crippen molar-refractivity contribution in [2.45, 2.75) is 25.9 Å². The number of rotatable bonds is 8. The summed E-state index contributed by atoms with van der Waals surface area (Å²) in [6.45, 7) is 5.90. The Morgan fingerprint density at radius 1 is 1.24 bits per heavy atom. The molecule has 0 bridgehead atoms. The third-order valence-electron chi connectivity index (χ3n) is 5.33. The highest BCUT2D eigenvalue weighted by atomic mass is 35.5. The minimum atomic E-state index is -0.495. The summed E-state index contributed by atoms with van der Waals surface area (Å²) < 4.78 is 30.4. The summed E-state index contributed by atoms with van der Waals surface area (Å²) in [5.74, 6) is 0.906. The van der Waals surface area contributed by atoms with Crippen molar-refractivity contribution < 1.29 is 23.4 Å². The monoisotopic (exact) mass is 488 g/mol. The fraction of sp³-hybridized carbons (Fsp3) is 0.375. The first-order chi connectivity index (χ1) is 16.2. The van der Waals surface area contributed by atoms with Gasteiger partial charge in [0.15, 0.2) is 11.5 Å². The van der Waals surface area contributed by atoms with Gasteiger partial charge in [-0.25, -0.2) is 14.4 Å². The molecule has 0 radical (unpaired) electrons. The van der Waals surface area contributed by atoms with Crippen molar-refractivity contribution in [2.75, 3.05) is 38.7 Å². The van der Waals surface area contributed by atoms with Crippen LogP contribution in [0.15, 0.2) is 36.7 Å². The van der Waals surface area contributed by atoms with Crippen LogP contribution in [0.5, 0.6) is 11.5 Å². The zero-order chi connectivity index (χ0) is 24.3. The quantitative estimate of drug-likeness (QED) is 0.364. The average molecular weight is 489 g/mol. The van der Waals surface area contributed by atoms with Crippen molar-refractivity contribution in [3.05, 3.63) is 47.5 Å². The van der Waals surface area contributed by atoms with Gasteiger partial charge in [-0.15, -0.1) is 0 Å². The van der Waals surface area contributed by atoms with E-state index in [1.165, 1.54) is 18.5 Å². The van der Waals surface area contributed by atoms with Crippen LogP contribution in [-0.4, -0.2) is 59.8 Å². The maximum absolute atomic E-state index is 13.5. The van der Waals surface area contributed by atoms with Gasteiger partial charge in [-0.3, -0.25) is 9.69 Å². The van der Waals surface area contributed by atoms with Crippen LogP contribution >= 0.6 is 11.6 Å². The van der Waals surface area contributed by atoms with E-state index in [9.17, 15) is 9.18 Å². The number of nitrogens with zero attached hydrogens (tertiary/aromatic N) is 3. The van der Waals surface area contributed by atoms with Crippen LogP contribution in [0.2, 0.25) is 5.02 Å². The molecule has 34 heavy (non-hydrogen) atoms. The van der Waals surface area contributed by atoms with Gasteiger partial charge in [0.2, 0.25) is 0 Å². The van der Waals surface area contributed by atoms with Crippen LogP contribution in [0.25, 0.3) is 10.9 Å². The summed E-state index contributed by atoms with van der Waals surface area (Å²) in [4.78, 5) is 22.5. The number of esters is 1. The van der Waals surface area contributed by atoms with Gasteiger partial charge in [-0.05, 0) is 44.5 Å². The van der Waals surface area contributed by atoms with E-state index in [1.807, 2.05) is 19.9 Å². The number of ether oxygens (including phenoxy) is 3. The second kappa shape index (κ2) is 9.99. The molecule has 10 heteroatoms. The normalized spacial score (nSPS) is 15.7. The molecule has 8 nitrogen and oxygen atoms in total. The van der Waals surface area contributed by atoms with E-state index in [0.717, 1.165) is 6.42 Å². The molecule has 0 saturated carbocycles. The Kier molecular flexibility index (Phi) is 7.04. The predicted molar refractivity (Wildman–Crippen MR) is 128 cm³/mol. The molecule has 1 aliphatic rings. The van der Waals surface area contributed by atoms with Gasteiger partial charge in [-0.2, -0.15) is 0 Å². The number of anilines is 2. The molecule has 0 amide bonds. The molecule has 0 unspecified atom stereocenters. The molecule has 1 aromatic heterocycles. The lowest BCUT2D eigenvalue weighted by molar-refractivity contribution is -0.169. The fourth-order valence-corrected chi connectivity index (χ4v) is 4.11. The van der Waals surface area contributed by atoms with Gasteiger partial charge in [0.25, 0.3) is 0 Å². The van der Waals surface area contributed by atoms with Crippen molar-refractivity contribution in [3.8, 4) is 11.5 Å². The maximum atomic E-state index is 13.5. The van der Waals surface area contributed by atoms with Crippen molar-refractivity contribution in [1.82, 2.24) is 14.9 Å². The van der Waals surface area contributed by atoms with E-state index in [2.05, 4.69) is 20.2 Å². The Morgan fingerprint density at radius 3 is 2.79 bits per heavy atom. The van der Waals surface area contributed by atoms with E-state index < -0.39 is 11.4 Å². The van der Waals surface area contributed by atoms with Crippen LogP contribution in [0, 0.1) is 5.82 Å². The summed E-state index contributed by atoms with van der Waals surface area (Å²) in [6, 6.07) is 7.94. The molecule has 0 atom stereocenters. The molecule has 1 saturated heterocycles. The third kappa shape index (κ3) is 5.66. The van der Waals surface area contributed by atoms with Gasteiger partial charge in [-0.1, -0.05) is 11.6 Å². The Hall–Kier alpha value is -3.17. The molecule has 1 aliphatic heterocycles. The van der Waals surface area contributed by atoms with Crippen molar-refractivity contribution in [2.24, 2.45) is 0 Å². The lowest BCUT2D eigenvalue weighted by Gasteiger charge is -2.37. The van der Waals surface area contributed by atoms with E-state index in [1.54, 1.807) is 19.2 Å². The first-order valence-corrected chi connectivity index (χ1v) is 11.2. The van der Waals surface area contributed by atoms with Gasteiger partial charge in [0.1, 0.15) is 23.6 Å². The van der Waals surface area contributed by atoms with Crippen LogP contribution in [0.1, 0.15) is 20.3 Å². The molecule has 2 heterocycles. The molecular weight excluding hydrogens is 463 g/mol. The number of benzene rings is 2. The number of methoxy groups -OCH3 is 1. The number of hydrogen-bond donors (Lipinski definition) is 1. The average Bonchev–Trinajstić information content (AvgIpc) is 2.77. The second-order valence-electron chi connectivity index (χ2n) is 8.64. The highest BCUT2D eigenvalue weighted by molar-refractivity contribution is 6.31. The Labute approximate surface area is 202 Å². The van der Waals surface area contributed by atoms with Crippen LogP contribution in [0.3, 0.4) is 0 Å². The zero-order valence-corrected chi connectivity index (χ0v) is 20.0. The molecule has 180 valence electrons. The van der Waals surface area contributed by atoms with Crippen molar-refractivity contribution >= 4 is 40.0 Å². The number of morpholine rings is 1. The summed E-state index contributed by atoms with van der Waals surface area (Å²) in [6.07, 6.45) is 2.15. The lowest BCUT2D eigenvalue weighted by atomic mass is 10.1.